The van der Waals surface area contributed by atoms with Gasteiger partial charge in [0.15, 0.2) is 5.82 Å². The fourth-order valence-electron chi connectivity index (χ4n) is 7.62. The normalized spacial score (nSPS) is 26.4. The van der Waals surface area contributed by atoms with Gasteiger partial charge in [-0.3, -0.25) is 9.88 Å². The van der Waals surface area contributed by atoms with Gasteiger partial charge in [-0.1, -0.05) is 24.3 Å². The van der Waals surface area contributed by atoms with E-state index >= 15 is 4.39 Å². The largest absolute Gasteiger partial charge is 0.508 e. The molecule has 4 saturated heterocycles. The van der Waals surface area contributed by atoms with Gasteiger partial charge in [0.1, 0.15) is 35.6 Å². The Kier molecular flexibility index (Phi) is 8.00. The minimum absolute atomic E-state index is 0. The Morgan fingerprint density at radius 1 is 1.05 bits per heavy atom. The molecule has 43 heavy (non-hydrogen) atoms. The van der Waals surface area contributed by atoms with Gasteiger partial charge in [-0.15, -0.1) is 24.8 Å². The fraction of sp³-hybridized carbons (Fsp3) is 0.452. The van der Waals surface area contributed by atoms with Crippen molar-refractivity contribution in [3.05, 3.63) is 48.4 Å². The summed E-state index contributed by atoms with van der Waals surface area (Å²) in [6.07, 6.45) is 5.26. The van der Waals surface area contributed by atoms with E-state index in [4.69, 9.17) is 9.72 Å². The van der Waals surface area contributed by atoms with Gasteiger partial charge in [0.25, 0.3) is 0 Å². The highest BCUT2D eigenvalue weighted by atomic mass is 35.5. The molecule has 0 saturated carbocycles. The second kappa shape index (κ2) is 11.5. The van der Waals surface area contributed by atoms with Crippen molar-refractivity contribution in [2.24, 2.45) is 0 Å². The number of benzene rings is 2. The molecule has 0 aliphatic carbocycles. The summed E-state index contributed by atoms with van der Waals surface area (Å²) in [5, 5.41) is 16.1. The number of piperazine rings is 1. The van der Waals surface area contributed by atoms with Crippen LogP contribution in [0.15, 0.2) is 42.6 Å². The Morgan fingerprint density at radius 3 is 2.65 bits per heavy atom. The van der Waals surface area contributed by atoms with Crippen LogP contribution in [0.1, 0.15) is 32.1 Å². The highest BCUT2D eigenvalue weighted by Crippen LogP contribution is 2.41. The number of anilines is 1. The molecule has 0 radical (unpaired) electrons. The monoisotopic (exact) mass is 630 g/mol. The van der Waals surface area contributed by atoms with Crippen LogP contribution in [-0.2, 0) is 0 Å². The minimum atomic E-state index is -0.869. The molecule has 6 heterocycles. The van der Waals surface area contributed by atoms with Crippen molar-refractivity contribution in [2.45, 2.75) is 55.9 Å². The first-order valence-corrected chi connectivity index (χ1v) is 14.6. The molecule has 2 aromatic heterocycles. The van der Waals surface area contributed by atoms with Crippen LogP contribution in [0.4, 0.5) is 14.6 Å². The van der Waals surface area contributed by atoms with Gasteiger partial charge < -0.3 is 20.1 Å². The number of ether oxygens (including phenoxy) is 1. The van der Waals surface area contributed by atoms with Crippen molar-refractivity contribution in [2.75, 3.05) is 37.7 Å². The third kappa shape index (κ3) is 5.12. The van der Waals surface area contributed by atoms with Crippen molar-refractivity contribution in [1.82, 2.24) is 25.2 Å². The standard InChI is InChI=1S/C31H32F2N6O2.2ClH/c32-19-12-31(8-3-9-39(31)14-19)17-41-30-36-28-25(29(37-30)38-15-20-6-7-21(16-38)35-20)13-34-27(26(28)33)24-11-22(40)10-18-4-1-2-5-23(18)24;;/h1-2,4-5,10-11,13,19-21,35,40H,3,6-9,12,14-17H2;2*1H/t19-,20-,21+,31+;;/m0../s1. The van der Waals surface area contributed by atoms with Crippen LogP contribution in [0, 0.1) is 5.82 Å². The van der Waals surface area contributed by atoms with Gasteiger partial charge in [-0.2, -0.15) is 9.97 Å². The zero-order valence-electron chi connectivity index (χ0n) is 23.5. The van der Waals surface area contributed by atoms with E-state index in [1.165, 1.54) is 6.07 Å². The van der Waals surface area contributed by atoms with Crippen molar-refractivity contribution in [3.63, 3.8) is 0 Å². The van der Waals surface area contributed by atoms with Crippen molar-refractivity contribution in [3.8, 4) is 23.0 Å². The molecule has 4 fully saturated rings. The van der Waals surface area contributed by atoms with Crippen molar-refractivity contribution in [1.29, 1.82) is 0 Å². The molecular formula is C31H34Cl2F2N6O2. The topological polar surface area (TPSA) is 86.6 Å². The van der Waals surface area contributed by atoms with Crippen LogP contribution < -0.4 is 15.0 Å². The van der Waals surface area contributed by atoms with Crippen molar-refractivity contribution < 1.29 is 18.6 Å². The van der Waals surface area contributed by atoms with Crippen molar-refractivity contribution >= 4 is 52.3 Å². The smallest absolute Gasteiger partial charge is 0.319 e. The SMILES string of the molecule is Cl.Cl.Oc1cc(-c2ncc3c(N4C[C@H]5CC[C@@H](C4)N5)nc(OC[C@]45CCCN4C[C@@H](F)C5)nc3c2F)c2ccccc2c1. The number of nitrogens with one attached hydrogen (secondary N) is 1. The molecule has 2 N–H and O–H groups in total. The molecular weight excluding hydrogens is 597 g/mol. The molecule has 0 unspecified atom stereocenters. The summed E-state index contributed by atoms with van der Waals surface area (Å²) in [5.41, 5.74) is 0.360. The molecule has 4 atom stereocenters. The Morgan fingerprint density at radius 2 is 1.84 bits per heavy atom. The van der Waals surface area contributed by atoms with E-state index in [0.717, 1.165) is 56.1 Å². The summed E-state index contributed by atoms with van der Waals surface area (Å²) >= 11 is 0. The third-order valence-corrected chi connectivity index (χ3v) is 9.49. The Hall–Kier alpha value is -3.05. The number of phenols is 1. The number of rotatable bonds is 5. The van der Waals surface area contributed by atoms with E-state index in [1.807, 2.05) is 24.3 Å². The van der Waals surface area contributed by atoms with E-state index in [0.29, 0.717) is 41.8 Å². The van der Waals surface area contributed by atoms with E-state index in [9.17, 15) is 9.50 Å². The zero-order valence-corrected chi connectivity index (χ0v) is 25.1. The molecule has 8 nitrogen and oxygen atoms in total. The van der Waals surface area contributed by atoms with E-state index in [-0.39, 0.29) is 59.9 Å². The number of alkyl halides is 1. The second-order valence-corrected chi connectivity index (χ2v) is 12.1. The van der Waals surface area contributed by atoms with Gasteiger partial charge in [0.05, 0.1) is 10.9 Å². The first-order chi connectivity index (χ1) is 20.0. The van der Waals surface area contributed by atoms with E-state index in [1.54, 1.807) is 12.3 Å². The van der Waals surface area contributed by atoms with E-state index in [2.05, 4.69) is 25.1 Å². The Bertz CT molecular complexity index is 1670. The third-order valence-electron chi connectivity index (χ3n) is 9.49. The molecule has 4 aromatic rings. The van der Waals surface area contributed by atoms with Gasteiger partial charge >= 0.3 is 6.01 Å². The maximum atomic E-state index is 16.5. The molecule has 0 spiro atoms. The van der Waals surface area contributed by atoms with E-state index < -0.39 is 12.0 Å². The van der Waals surface area contributed by atoms with Crippen LogP contribution in [0.2, 0.25) is 0 Å². The second-order valence-electron chi connectivity index (χ2n) is 12.1. The van der Waals surface area contributed by atoms with Gasteiger partial charge in [-0.05, 0) is 55.1 Å². The van der Waals surface area contributed by atoms with Gasteiger partial charge in [0.2, 0.25) is 0 Å². The lowest BCUT2D eigenvalue weighted by Gasteiger charge is -2.34. The maximum absolute atomic E-state index is 16.5. The van der Waals surface area contributed by atoms with Gasteiger partial charge in [0, 0.05) is 49.9 Å². The van der Waals surface area contributed by atoms with Gasteiger partial charge in [-0.25, -0.2) is 8.78 Å². The summed E-state index contributed by atoms with van der Waals surface area (Å²) in [6.45, 7) is 3.06. The lowest BCUT2D eigenvalue weighted by atomic mass is 9.95. The average molecular weight is 632 g/mol. The summed E-state index contributed by atoms with van der Waals surface area (Å²) in [7, 11) is 0. The number of fused-ring (bicyclic) bond motifs is 5. The molecule has 2 bridgehead atoms. The first kappa shape index (κ1) is 30.0. The van der Waals surface area contributed by atoms with Crippen LogP contribution in [0.25, 0.3) is 32.9 Å². The fourth-order valence-corrected chi connectivity index (χ4v) is 7.62. The first-order valence-electron chi connectivity index (χ1n) is 14.6. The lowest BCUT2D eigenvalue weighted by molar-refractivity contribution is 0.107. The number of phenolic OH excluding ortho intramolecular Hbond substituents is 1. The lowest BCUT2D eigenvalue weighted by Crippen LogP contribution is -2.51. The molecule has 2 aromatic carbocycles. The molecule has 4 aliphatic rings. The predicted octanol–water partition coefficient (Wildman–Crippen LogP) is 5.43. The number of aromatic hydroxyl groups is 1. The number of halogens is 4. The zero-order chi connectivity index (χ0) is 27.7. The van der Waals surface area contributed by atoms with Crippen LogP contribution in [0.5, 0.6) is 11.8 Å². The maximum Gasteiger partial charge on any atom is 0.319 e. The van der Waals surface area contributed by atoms with Crippen LogP contribution in [-0.4, -0.2) is 81.5 Å². The number of aromatic nitrogens is 3. The average Bonchev–Trinajstić information content (AvgIpc) is 3.61. The molecule has 0 amide bonds. The number of pyridine rings is 1. The Labute approximate surface area is 260 Å². The predicted molar refractivity (Wildman–Crippen MR) is 167 cm³/mol. The summed E-state index contributed by atoms with van der Waals surface area (Å²) in [5.74, 6) is 0.0553. The summed E-state index contributed by atoms with van der Waals surface area (Å²) in [6, 6.07) is 11.5. The number of hydrogen-bond donors (Lipinski definition) is 2. The quantitative estimate of drug-likeness (QED) is 0.302. The molecule has 4 aliphatic heterocycles. The highest BCUT2D eigenvalue weighted by Gasteiger charge is 2.49. The van der Waals surface area contributed by atoms with Crippen LogP contribution in [0.3, 0.4) is 0 Å². The minimum Gasteiger partial charge on any atom is -0.508 e. The Balaban J connectivity index is 0.00000165. The molecule has 228 valence electrons. The molecule has 12 heteroatoms. The summed E-state index contributed by atoms with van der Waals surface area (Å²) < 4.78 is 37.2. The molecule has 8 rings (SSSR count). The highest BCUT2D eigenvalue weighted by molar-refractivity contribution is 5.99. The van der Waals surface area contributed by atoms with Crippen LogP contribution >= 0.6 is 24.8 Å². The number of nitrogens with zero attached hydrogens (tertiary/aromatic N) is 5. The number of hydrogen-bond acceptors (Lipinski definition) is 8. The summed E-state index contributed by atoms with van der Waals surface area (Å²) in [4.78, 5) is 18.4.